The van der Waals surface area contributed by atoms with E-state index < -0.39 is 9.84 Å². The van der Waals surface area contributed by atoms with Gasteiger partial charge in [-0.2, -0.15) is 5.10 Å². The van der Waals surface area contributed by atoms with Crippen LogP contribution in [0.1, 0.15) is 6.42 Å². The highest BCUT2D eigenvalue weighted by atomic mass is 35.5. The predicted molar refractivity (Wildman–Crippen MR) is 110 cm³/mol. The van der Waals surface area contributed by atoms with Crippen LogP contribution in [0.2, 0.25) is 10.2 Å². The lowest BCUT2D eigenvalue weighted by atomic mass is 10.0. The lowest BCUT2D eigenvalue weighted by Gasteiger charge is -2.09. The van der Waals surface area contributed by atoms with Crippen LogP contribution in [-0.4, -0.2) is 43.2 Å². The van der Waals surface area contributed by atoms with E-state index in [2.05, 4.69) is 10.2 Å². The summed E-state index contributed by atoms with van der Waals surface area (Å²) in [7, 11) is -1.91. The Bertz CT molecular complexity index is 1080. The number of benzene rings is 2. The molecule has 9 heteroatoms. The topological polar surface area (TPSA) is 92.3 Å². The van der Waals surface area contributed by atoms with Crippen molar-refractivity contribution in [1.82, 2.24) is 10.2 Å². The zero-order chi connectivity index (χ0) is 20.3. The van der Waals surface area contributed by atoms with Gasteiger partial charge in [0.1, 0.15) is 16.6 Å². The smallest absolute Gasteiger partial charge is 0.178 e. The van der Waals surface area contributed by atoms with Gasteiger partial charge in [-0.25, -0.2) is 8.42 Å². The number of aromatic amines is 1. The molecule has 0 radical (unpaired) electrons. The predicted octanol–water partition coefficient (Wildman–Crippen LogP) is 4.22. The number of hydrogen-bond donors (Lipinski definition) is 2. The van der Waals surface area contributed by atoms with Crippen molar-refractivity contribution in [2.24, 2.45) is 0 Å². The van der Waals surface area contributed by atoms with Crippen molar-refractivity contribution in [2.45, 2.75) is 11.3 Å². The third-order valence-electron chi connectivity index (χ3n) is 4.22. The molecule has 2 aromatic carbocycles. The first-order valence-electron chi connectivity index (χ1n) is 8.39. The summed E-state index contributed by atoms with van der Waals surface area (Å²) < 4.78 is 29.8. The number of nitrogens with one attached hydrogen (secondary N) is 1. The molecule has 0 atom stereocenters. The molecule has 6 nitrogen and oxygen atoms in total. The molecule has 0 saturated carbocycles. The van der Waals surface area contributed by atoms with E-state index in [0.29, 0.717) is 32.7 Å². The molecule has 1 aromatic heterocycles. The van der Waals surface area contributed by atoms with Crippen molar-refractivity contribution in [3.8, 4) is 28.1 Å². The van der Waals surface area contributed by atoms with Crippen LogP contribution < -0.4 is 4.74 Å². The van der Waals surface area contributed by atoms with Crippen molar-refractivity contribution in [1.29, 1.82) is 0 Å². The Kier molecular flexibility index (Phi) is 6.30. The second-order valence-electron chi connectivity index (χ2n) is 6.03. The van der Waals surface area contributed by atoms with Gasteiger partial charge < -0.3 is 9.84 Å². The van der Waals surface area contributed by atoms with Crippen LogP contribution >= 0.6 is 23.2 Å². The summed E-state index contributed by atoms with van der Waals surface area (Å²) in [5.41, 5.74) is 2.70. The number of sulfone groups is 1. The normalized spacial score (nSPS) is 11.6. The highest BCUT2D eigenvalue weighted by molar-refractivity contribution is 7.91. The van der Waals surface area contributed by atoms with Crippen LogP contribution in [-0.2, 0) is 9.84 Å². The van der Waals surface area contributed by atoms with E-state index in [1.807, 2.05) is 0 Å². The van der Waals surface area contributed by atoms with Gasteiger partial charge in [0.25, 0.3) is 0 Å². The molecule has 28 heavy (non-hydrogen) atoms. The second-order valence-corrected chi connectivity index (χ2v) is 8.93. The van der Waals surface area contributed by atoms with Gasteiger partial charge >= 0.3 is 0 Å². The Balaban J connectivity index is 2.00. The molecule has 0 bridgehead atoms. The van der Waals surface area contributed by atoms with Gasteiger partial charge in [-0.1, -0.05) is 41.4 Å². The van der Waals surface area contributed by atoms with Crippen LogP contribution in [0.25, 0.3) is 22.4 Å². The lowest BCUT2D eigenvalue weighted by Crippen LogP contribution is -2.08. The van der Waals surface area contributed by atoms with E-state index in [4.69, 9.17) is 33.0 Å². The van der Waals surface area contributed by atoms with Gasteiger partial charge in [0, 0.05) is 17.7 Å². The molecule has 148 valence electrons. The molecule has 0 amide bonds. The first kappa shape index (κ1) is 20.7. The largest absolute Gasteiger partial charge is 0.495 e. The summed E-state index contributed by atoms with van der Waals surface area (Å²) in [5.74, 6) is 0.403. The summed E-state index contributed by atoms with van der Waals surface area (Å²) in [5, 5.41) is 16.7. The molecule has 1 heterocycles. The zero-order valence-electron chi connectivity index (χ0n) is 14.9. The van der Waals surface area contributed by atoms with Crippen LogP contribution in [0.4, 0.5) is 0 Å². The summed E-state index contributed by atoms with van der Waals surface area (Å²) >= 11 is 12.4. The van der Waals surface area contributed by atoms with Gasteiger partial charge in [-0.15, -0.1) is 0 Å². The first-order chi connectivity index (χ1) is 13.4. The Labute approximate surface area is 173 Å². The van der Waals surface area contributed by atoms with Crippen molar-refractivity contribution < 1.29 is 18.3 Å². The number of H-pyrrole nitrogens is 1. The van der Waals surface area contributed by atoms with Gasteiger partial charge in [0.2, 0.25) is 0 Å². The number of nitrogens with zero attached hydrogens (tertiary/aromatic N) is 1. The fourth-order valence-corrected chi connectivity index (χ4v) is 4.53. The average molecular weight is 441 g/mol. The Morgan fingerprint density at radius 2 is 1.79 bits per heavy atom. The third-order valence-corrected chi connectivity index (χ3v) is 6.62. The number of hydrogen-bond acceptors (Lipinski definition) is 5. The van der Waals surface area contributed by atoms with Crippen molar-refractivity contribution in [3.05, 3.63) is 52.6 Å². The van der Waals surface area contributed by atoms with Gasteiger partial charge in [0.15, 0.2) is 9.84 Å². The number of rotatable bonds is 7. The molecule has 0 saturated heterocycles. The Morgan fingerprint density at radius 1 is 1.11 bits per heavy atom. The fourth-order valence-electron chi connectivity index (χ4n) is 2.80. The molecule has 3 rings (SSSR count). The first-order valence-corrected chi connectivity index (χ1v) is 10.8. The second kappa shape index (κ2) is 8.53. The maximum Gasteiger partial charge on any atom is 0.178 e. The number of aliphatic hydroxyl groups excluding tert-OH is 1. The maximum absolute atomic E-state index is 12.3. The summed E-state index contributed by atoms with van der Waals surface area (Å²) in [6.45, 7) is -0.170. The fraction of sp³-hybridized carbons (Fsp3) is 0.211. The molecule has 0 aliphatic rings. The molecule has 0 unspecified atom stereocenters. The molecule has 0 fully saturated rings. The Morgan fingerprint density at radius 3 is 2.43 bits per heavy atom. The van der Waals surface area contributed by atoms with Crippen molar-refractivity contribution >= 4 is 33.0 Å². The van der Waals surface area contributed by atoms with E-state index in [9.17, 15) is 8.42 Å². The number of ether oxygens (including phenoxy) is 1. The van der Waals surface area contributed by atoms with Gasteiger partial charge in [0.05, 0.1) is 22.8 Å². The van der Waals surface area contributed by atoms with Gasteiger partial charge in [-0.3, -0.25) is 5.10 Å². The van der Waals surface area contributed by atoms with Crippen LogP contribution in [0.3, 0.4) is 0 Å². The van der Waals surface area contributed by atoms with E-state index in [1.165, 1.54) is 19.2 Å². The molecule has 2 N–H and O–H groups in total. The standard InChI is InChI=1S/C19H18Cl2N2O4S/c1-27-16-11-13(5-8-15(16)20)17-18(22-23-19(17)21)12-3-6-14(7-4-12)28(25,26)10-2-9-24/h3-8,11,24H,2,9-10H2,1H3,(H,22,23). The SMILES string of the molecule is COc1cc(-c2c(-c3ccc(S(=O)(=O)CCCO)cc3)n[nH]c2Cl)ccc1Cl. The lowest BCUT2D eigenvalue weighted by molar-refractivity contribution is 0.295. The van der Waals surface area contributed by atoms with Gasteiger partial charge in [-0.05, 0) is 36.2 Å². The minimum Gasteiger partial charge on any atom is -0.495 e. The van der Waals surface area contributed by atoms with E-state index >= 15 is 0 Å². The molecule has 0 spiro atoms. The molecule has 3 aromatic rings. The van der Waals surface area contributed by atoms with Crippen molar-refractivity contribution in [2.75, 3.05) is 19.5 Å². The average Bonchev–Trinajstić information content (AvgIpc) is 3.08. The van der Waals surface area contributed by atoms with Crippen LogP contribution in [0.5, 0.6) is 5.75 Å². The zero-order valence-corrected chi connectivity index (χ0v) is 17.3. The van der Waals surface area contributed by atoms with E-state index in [1.54, 1.807) is 30.3 Å². The highest BCUT2D eigenvalue weighted by Crippen LogP contribution is 2.39. The molecular weight excluding hydrogens is 423 g/mol. The number of halogens is 2. The molecule has 0 aliphatic carbocycles. The minimum absolute atomic E-state index is 0.104. The van der Waals surface area contributed by atoms with E-state index in [-0.39, 0.29) is 23.7 Å². The monoisotopic (exact) mass is 440 g/mol. The minimum atomic E-state index is -3.44. The summed E-state index contributed by atoms with van der Waals surface area (Å²) in [6, 6.07) is 11.7. The maximum atomic E-state index is 12.3. The summed E-state index contributed by atoms with van der Waals surface area (Å²) in [4.78, 5) is 0.195. The molecular formula is C19H18Cl2N2O4S. The number of aromatic nitrogens is 2. The third kappa shape index (κ3) is 4.17. The summed E-state index contributed by atoms with van der Waals surface area (Å²) in [6.07, 6.45) is 0.196. The Hall–Kier alpha value is -2.06. The number of methoxy groups -OCH3 is 1. The quantitative estimate of drug-likeness (QED) is 0.573. The van der Waals surface area contributed by atoms with Crippen LogP contribution in [0, 0.1) is 0 Å². The molecule has 0 aliphatic heterocycles. The van der Waals surface area contributed by atoms with Crippen LogP contribution in [0.15, 0.2) is 47.4 Å². The van der Waals surface area contributed by atoms with E-state index in [0.717, 1.165) is 5.56 Å². The number of aliphatic hydroxyl groups is 1. The highest BCUT2D eigenvalue weighted by Gasteiger charge is 2.19. The van der Waals surface area contributed by atoms with Crippen molar-refractivity contribution in [3.63, 3.8) is 0 Å².